The molecular formula is C19H29. The fourth-order valence-corrected chi connectivity index (χ4v) is 5.03. The van der Waals surface area contributed by atoms with E-state index in [4.69, 9.17) is 0 Å². The second kappa shape index (κ2) is 4.79. The Labute approximate surface area is 119 Å². The normalized spacial score (nSPS) is 39.4. The standard InChI is InChI=1S/C19H29/c1-13(2)15-7-10-18-16(12-15)8-9-17-14(3)6-5-11-19(17,18)4/h8,12-13,17-18H,5-7,9-11H2,1-4H3. The highest BCUT2D eigenvalue weighted by Gasteiger charge is 2.48. The van der Waals surface area contributed by atoms with E-state index < -0.39 is 0 Å². The van der Waals surface area contributed by atoms with Gasteiger partial charge in [-0.05, 0) is 66.8 Å². The molecule has 19 heavy (non-hydrogen) atoms. The first-order valence-corrected chi connectivity index (χ1v) is 8.25. The maximum absolute atomic E-state index is 2.59. The van der Waals surface area contributed by atoms with Gasteiger partial charge >= 0.3 is 0 Å². The number of hydrogen-bond donors (Lipinski definition) is 0. The van der Waals surface area contributed by atoms with Gasteiger partial charge in [0, 0.05) is 0 Å². The van der Waals surface area contributed by atoms with Crippen LogP contribution in [0.15, 0.2) is 23.3 Å². The Hall–Kier alpha value is -0.520. The lowest BCUT2D eigenvalue weighted by Crippen LogP contribution is -2.44. The molecule has 0 heterocycles. The van der Waals surface area contributed by atoms with Crippen molar-refractivity contribution in [3.05, 3.63) is 29.2 Å². The molecule has 3 unspecified atom stereocenters. The van der Waals surface area contributed by atoms with Gasteiger partial charge in [-0.15, -0.1) is 0 Å². The van der Waals surface area contributed by atoms with Gasteiger partial charge < -0.3 is 0 Å². The lowest BCUT2D eigenvalue weighted by molar-refractivity contribution is 0.0639. The van der Waals surface area contributed by atoms with Gasteiger partial charge in [0.15, 0.2) is 0 Å². The minimum absolute atomic E-state index is 0.561. The molecule has 0 aliphatic heterocycles. The highest BCUT2D eigenvalue weighted by Crippen LogP contribution is 2.58. The van der Waals surface area contributed by atoms with E-state index in [0.717, 1.165) is 17.8 Å². The molecule has 0 N–H and O–H groups in total. The van der Waals surface area contributed by atoms with Gasteiger partial charge in [0.1, 0.15) is 0 Å². The zero-order valence-corrected chi connectivity index (χ0v) is 13.1. The summed E-state index contributed by atoms with van der Waals surface area (Å²) in [7, 11) is 0. The Morgan fingerprint density at radius 2 is 2.00 bits per heavy atom. The molecule has 1 saturated carbocycles. The summed E-state index contributed by atoms with van der Waals surface area (Å²) in [6.07, 6.45) is 13.4. The zero-order valence-electron chi connectivity index (χ0n) is 13.1. The summed E-state index contributed by atoms with van der Waals surface area (Å²) in [5.41, 5.74) is 3.93. The van der Waals surface area contributed by atoms with Crippen molar-refractivity contribution >= 4 is 0 Å². The summed E-state index contributed by atoms with van der Waals surface area (Å²) >= 11 is 0. The fraction of sp³-hybridized carbons (Fsp3) is 0.737. The lowest BCUT2D eigenvalue weighted by Gasteiger charge is -2.53. The summed E-state index contributed by atoms with van der Waals surface area (Å²) in [6, 6.07) is 0. The van der Waals surface area contributed by atoms with Crippen molar-refractivity contribution in [3.63, 3.8) is 0 Å². The van der Waals surface area contributed by atoms with Crippen LogP contribution in [0, 0.1) is 29.1 Å². The van der Waals surface area contributed by atoms with Gasteiger partial charge in [-0.1, -0.05) is 51.8 Å². The van der Waals surface area contributed by atoms with Gasteiger partial charge in [-0.3, -0.25) is 0 Å². The third-order valence-electron chi connectivity index (χ3n) is 6.28. The molecule has 0 saturated heterocycles. The molecule has 0 aromatic rings. The van der Waals surface area contributed by atoms with Gasteiger partial charge in [-0.25, -0.2) is 0 Å². The van der Waals surface area contributed by atoms with Crippen LogP contribution in [0.25, 0.3) is 0 Å². The average molecular weight is 257 g/mol. The first-order valence-electron chi connectivity index (χ1n) is 8.25. The third kappa shape index (κ3) is 2.12. The predicted molar refractivity (Wildman–Crippen MR) is 82.7 cm³/mol. The van der Waals surface area contributed by atoms with E-state index in [2.05, 4.69) is 39.8 Å². The summed E-state index contributed by atoms with van der Waals surface area (Å²) < 4.78 is 0. The average Bonchev–Trinajstić information content (AvgIpc) is 2.38. The van der Waals surface area contributed by atoms with E-state index in [9.17, 15) is 0 Å². The van der Waals surface area contributed by atoms with E-state index in [-0.39, 0.29) is 0 Å². The molecule has 0 amide bonds. The third-order valence-corrected chi connectivity index (χ3v) is 6.28. The molecule has 3 atom stereocenters. The van der Waals surface area contributed by atoms with Crippen LogP contribution in [0.4, 0.5) is 0 Å². The van der Waals surface area contributed by atoms with Crippen molar-refractivity contribution < 1.29 is 0 Å². The van der Waals surface area contributed by atoms with Crippen molar-refractivity contribution in [1.82, 2.24) is 0 Å². The molecule has 3 aliphatic carbocycles. The topological polar surface area (TPSA) is 0 Å². The minimum Gasteiger partial charge on any atom is -0.0807 e. The fourth-order valence-electron chi connectivity index (χ4n) is 5.03. The molecule has 0 aromatic carbocycles. The molecule has 0 aromatic heterocycles. The van der Waals surface area contributed by atoms with Crippen LogP contribution in [0.5, 0.6) is 0 Å². The highest BCUT2D eigenvalue weighted by atomic mass is 14.5. The van der Waals surface area contributed by atoms with E-state index in [1.165, 1.54) is 38.5 Å². The molecule has 0 spiro atoms. The summed E-state index contributed by atoms with van der Waals surface area (Å²) in [4.78, 5) is 0. The summed E-state index contributed by atoms with van der Waals surface area (Å²) in [5, 5.41) is 0. The molecule has 105 valence electrons. The zero-order chi connectivity index (χ0) is 13.6. The molecule has 1 radical (unpaired) electrons. The molecule has 0 nitrogen and oxygen atoms in total. The van der Waals surface area contributed by atoms with Crippen LogP contribution in [0.2, 0.25) is 0 Å². The maximum Gasteiger partial charge on any atom is -0.0105 e. The van der Waals surface area contributed by atoms with Gasteiger partial charge in [-0.2, -0.15) is 0 Å². The Kier molecular flexibility index (Phi) is 3.39. The van der Waals surface area contributed by atoms with Crippen LogP contribution in [0.1, 0.15) is 66.2 Å². The SMILES string of the molecule is C[C]1CCCC2(C)C1CC=C1C=C(C(C)C)CCC12. The van der Waals surface area contributed by atoms with Crippen LogP contribution in [-0.2, 0) is 0 Å². The number of fused-ring (bicyclic) bond motifs is 3. The summed E-state index contributed by atoms with van der Waals surface area (Å²) in [5.74, 6) is 4.21. The first-order chi connectivity index (χ1) is 9.02. The number of hydrogen-bond acceptors (Lipinski definition) is 0. The van der Waals surface area contributed by atoms with E-state index in [1.54, 1.807) is 17.1 Å². The lowest BCUT2D eigenvalue weighted by atomic mass is 9.51. The van der Waals surface area contributed by atoms with E-state index >= 15 is 0 Å². The van der Waals surface area contributed by atoms with Crippen LogP contribution in [0.3, 0.4) is 0 Å². The highest BCUT2D eigenvalue weighted by molar-refractivity contribution is 5.36. The molecule has 3 aliphatic rings. The molecule has 0 heteroatoms. The monoisotopic (exact) mass is 257 g/mol. The van der Waals surface area contributed by atoms with Crippen molar-refractivity contribution in [2.24, 2.45) is 23.2 Å². The van der Waals surface area contributed by atoms with Crippen LogP contribution >= 0.6 is 0 Å². The Balaban J connectivity index is 1.94. The Morgan fingerprint density at radius 3 is 2.74 bits per heavy atom. The van der Waals surface area contributed by atoms with Crippen LogP contribution in [-0.4, -0.2) is 0 Å². The largest absolute Gasteiger partial charge is 0.0807 e. The Bertz CT molecular complexity index is 412. The van der Waals surface area contributed by atoms with Crippen molar-refractivity contribution in [2.45, 2.75) is 66.2 Å². The number of allylic oxidation sites excluding steroid dienone is 4. The van der Waals surface area contributed by atoms with Gasteiger partial charge in [0.05, 0.1) is 0 Å². The van der Waals surface area contributed by atoms with Gasteiger partial charge in [0.2, 0.25) is 0 Å². The van der Waals surface area contributed by atoms with Crippen LogP contribution < -0.4 is 0 Å². The maximum atomic E-state index is 2.59. The van der Waals surface area contributed by atoms with Gasteiger partial charge in [0.25, 0.3) is 0 Å². The van der Waals surface area contributed by atoms with Crippen molar-refractivity contribution in [3.8, 4) is 0 Å². The Morgan fingerprint density at radius 1 is 1.21 bits per heavy atom. The number of rotatable bonds is 1. The second-order valence-corrected chi connectivity index (χ2v) is 7.66. The first kappa shape index (κ1) is 13.5. The summed E-state index contributed by atoms with van der Waals surface area (Å²) in [6.45, 7) is 9.70. The predicted octanol–water partition coefficient (Wildman–Crippen LogP) is 5.71. The second-order valence-electron chi connectivity index (χ2n) is 7.66. The molecule has 3 rings (SSSR count). The molecule has 1 fully saturated rings. The molecule has 0 bridgehead atoms. The van der Waals surface area contributed by atoms with Crippen molar-refractivity contribution in [2.75, 3.05) is 0 Å². The van der Waals surface area contributed by atoms with E-state index in [1.807, 2.05) is 0 Å². The smallest absolute Gasteiger partial charge is 0.0105 e. The van der Waals surface area contributed by atoms with E-state index in [0.29, 0.717) is 5.41 Å². The molecular weight excluding hydrogens is 228 g/mol. The quantitative estimate of drug-likeness (QED) is 0.564. The minimum atomic E-state index is 0.561. The van der Waals surface area contributed by atoms with Crippen molar-refractivity contribution in [1.29, 1.82) is 0 Å².